The summed E-state index contributed by atoms with van der Waals surface area (Å²) in [5, 5.41) is 23.8. The van der Waals surface area contributed by atoms with Gasteiger partial charge in [0.15, 0.2) is 0 Å². The number of aromatic nitrogens is 3. The van der Waals surface area contributed by atoms with Crippen LogP contribution in [-0.4, -0.2) is 42.7 Å². The first-order valence-electron chi connectivity index (χ1n) is 7.93. The second-order valence-corrected chi connectivity index (χ2v) is 6.80. The summed E-state index contributed by atoms with van der Waals surface area (Å²) in [7, 11) is 0. The Labute approximate surface area is 139 Å². The van der Waals surface area contributed by atoms with Crippen molar-refractivity contribution >= 4 is 5.97 Å². The van der Waals surface area contributed by atoms with Crippen molar-refractivity contribution in [3.05, 3.63) is 29.6 Å². The zero-order valence-corrected chi connectivity index (χ0v) is 14.0. The fraction of sp³-hybridized carbons (Fsp3) is 0.471. The Hall–Kier alpha value is -2.41. The van der Waals surface area contributed by atoms with Crippen molar-refractivity contribution in [3.63, 3.8) is 0 Å². The van der Waals surface area contributed by atoms with E-state index < -0.39 is 11.6 Å². The number of rotatable bonds is 4. The van der Waals surface area contributed by atoms with Gasteiger partial charge in [-0.3, -0.25) is 4.98 Å². The summed E-state index contributed by atoms with van der Waals surface area (Å²) in [6.45, 7) is 5.97. The fourth-order valence-corrected chi connectivity index (χ4v) is 2.78. The van der Waals surface area contributed by atoms with Gasteiger partial charge in [-0.1, -0.05) is 0 Å². The van der Waals surface area contributed by atoms with Gasteiger partial charge in [-0.15, -0.1) is 0 Å². The molecular formula is C17H21N3O4. The van der Waals surface area contributed by atoms with Gasteiger partial charge in [0, 0.05) is 36.8 Å². The molecule has 1 aliphatic heterocycles. The topological polar surface area (TPSA) is 97.5 Å². The molecule has 0 amide bonds. The lowest BCUT2D eigenvalue weighted by Crippen LogP contribution is -2.24. The molecule has 0 spiro atoms. The number of aliphatic hydroxyl groups is 1. The molecule has 7 heteroatoms. The third-order valence-corrected chi connectivity index (χ3v) is 3.89. The number of carboxylic acids is 1. The standard InChI is InChI=1S/C17H21N3O4/c1-10-6-7-20-15(24-10)13(16(21)22)14(19-20)11-4-5-12(18-9-11)8-17(2,3)23/h4-5,9-10,23H,6-8H2,1-3H3,(H,21,22)/t10-/m1/s1. The van der Waals surface area contributed by atoms with Crippen molar-refractivity contribution in [3.8, 4) is 17.1 Å². The Morgan fingerprint density at radius 2 is 2.21 bits per heavy atom. The van der Waals surface area contributed by atoms with Crippen LogP contribution in [0.5, 0.6) is 5.88 Å². The minimum absolute atomic E-state index is 0.0348. The summed E-state index contributed by atoms with van der Waals surface area (Å²) in [5.41, 5.74) is 0.924. The Balaban J connectivity index is 1.99. The second-order valence-electron chi connectivity index (χ2n) is 6.80. The molecule has 2 aromatic rings. The van der Waals surface area contributed by atoms with Crippen molar-refractivity contribution in [2.24, 2.45) is 0 Å². The average Bonchev–Trinajstić information content (AvgIpc) is 2.85. The molecule has 0 saturated carbocycles. The number of fused-ring (bicyclic) bond motifs is 1. The van der Waals surface area contributed by atoms with E-state index in [0.29, 0.717) is 30.1 Å². The van der Waals surface area contributed by atoms with Gasteiger partial charge in [0.25, 0.3) is 0 Å². The molecule has 24 heavy (non-hydrogen) atoms. The smallest absolute Gasteiger partial charge is 0.343 e. The van der Waals surface area contributed by atoms with Gasteiger partial charge in [-0.2, -0.15) is 5.10 Å². The van der Waals surface area contributed by atoms with Gasteiger partial charge in [-0.05, 0) is 32.9 Å². The molecule has 128 valence electrons. The van der Waals surface area contributed by atoms with E-state index in [2.05, 4.69) is 10.1 Å². The first kappa shape index (κ1) is 16.4. The molecule has 1 aliphatic rings. The number of hydrogen-bond acceptors (Lipinski definition) is 5. The van der Waals surface area contributed by atoms with Gasteiger partial charge in [0.1, 0.15) is 11.3 Å². The van der Waals surface area contributed by atoms with E-state index in [-0.39, 0.29) is 11.7 Å². The van der Waals surface area contributed by atoms with Gasteiger partial charge in [0.2, 0.25) is 5.88 Å². The number of aryl methyl sites for hydroxylation is 1. The van der Waals surface area contributed by atoms with Crippen molar-refractivity contribution in [2.75, 3.05) is 0 Å². The van der Waals surface area contributed by atoms with E-state index in [1.807, 2.05) is 6.92 Å². The summed E-state index contributed by atoms with van der Waals surface area (Å²) >= 11 is 0. The Kier molecular flexibility index (Phi) is 4.04. The van der Waals surface area contributed by atoms with E-state index in [1.54, 1.807) is 36.9 Å². The highest BCUT2D eigenvalue weighted by Gasteiger charge is 2.30. The fourth-order valence-electron chi connectivity index (χ4n) is 2.78. The van der Waals surface area contributed by atoms with Gasteiger partial charge < -0.3 is 14.9 Å². The van der Waals surface area contributed by atoms with Crippen molar-refractivity contribution in [2.45, 2.75) is 51.9 Å². The van der Waals surface area contributed by atoms with Crippen molar-refractivity contribution in [1.82, 2.24) is 14.8 Å². The molecule has 7 nitrogen and oxygen atoms in total. The minimum Gasteiger partial charge on any atom is -0.477 e. The van der Waals surface area contributed by atoms with E-state index >= 15 is 0 Å². The Morgan fingerprint density at radius 1 is 1.46 bits per heavy atom. The number of hydrogen-bond donors (Lipinski definition) is 2. The second kappa shape index (κ2) is 5.90. The van der Waals surface area contributed by atoms with E-state index in [1.165, 1.54) is 0 Å². The van der Waals surface area contributed by atoms with Crippen LogP contribution in [0.2, 0.25) is 0 Å². The molecule has 1 atom stereocenters. The molecule has 3 heterocycles. The lowest BCUT2D eigenvalue weighted by Gasteiger charge is -2.21. The van der Waals surface area contributed by atoms with Crippen LogP contribution in [-0.2, 0) is 13.0 Å². The monoisotopic (exact) mass is 331 g/mol. The summed E-state index contributed by atoms with van der Waals surface area (Å²) in [6.07, 6.45) is 2.76. The highest BCUT2D eigenvalue weighted by atomic mass is 16.5. The number of carbonyl (C=O) groups is 1. The lowest BCUT2D eigenvalue weighted by atomic mass is 10.0. The molecule has 0 aliphatic carbocycles. The molecule has 0 saturated heterocycles. The van der Waals surface area contributed by atoms with Gasteiger partial charge in [0.05, 0.1) is 11.7 Å². The number of aromatic carboxylic acids is 1. The molecule has 0 bridgehead atoms. The molecule has 0 unspecified atom stereocenters. The van der Waals surface area contributed by atoms with Gasteiger partial charge in [-0.25, -0.2) is 9.48 Å². The molecule has 2 aromatic heterocycles. The van der Waals surface area contributed by atoms with Crippen molar-refractivity contribution in [1.29, 1.82) is 0 Å². The summed E-state index contributed by atoms with van der Waals surface area (Å²) < 4.78 is 7.28. The number of ether oxygens (including phenoxy) is 1. The first-order valence-corrected chi connectivity index (χ1v) is 7.93. The predicted octanol–water partition coefficient (Wildman–Crippen LogP) is 2.13. The first-order chi connectivity index (χ1) is 11.2. The summed E-state index contributed by atoms with van der Waals surface area (Å²) in [4.78, 5) is 16.0. The molecule has 2 N–H and O–H groups in total. The van der Waals surface area contributed by atoms with Crippen LogP contribution in [0, 0.1) is 0 Å². The molecular weight excluding hydrogens is 310 g/mol. The van der Waals surface area contributed by atoms with Crippen LogP contribution in [0.3, 0.4) is 0 Å². The van der Waals surface area contributed by atoms with E-state index in [0.717, 1.165) is 12.1 Å². The molecule has 0 radical (unpaired) electrons. The van der Waals surface area contributed by atoms with E-state index in [4.69, 9.17) is 4.74 Å². The van der Waals surface area contributed by atoms with Crippen LogP contribution in [0.15, 0.2) is 18.3 Å². The predicted molar refractivity (Wildman–Crippen MR) is 87.1 cm³/mol. The largest absolute Gasteiger partial charge is 0.477 e. The quantitative estimate of drug-likeness (QED) is 0.891. The zero-order chi connectivity index (χ0) is 17.5. The Morgan fingerprint density at radius 3 is 2.79 bits per heavy atom. The highest BCUT2D eigenvalue weighted by Crippen LogP contribution is 2.33. The third-order valence-electron chi connectivity index (χ3n) is 3.89. The summed E-state index contributed by atoms with van der Waals surface area (Å²) in [5.74, 6) is -0.766. The average molecular weight is 331 g/mol. The van der Waals surface area contributed by atoms with Crippen LogP contribution in [0.25, 0.3) is 11.3 Å². The van der Waals surface area contributed by atoms with Crippen LogP contribution in [0.4, 0.5) is 0 Å². The van der Waals surface area contributed by atoms with Crippen LogP contribution < -0.4 is 4.74 Å². The summed E-state index contributed by atoms with van der Waals surface area (Å²) in [6, 6.07) is 3.55. The molecule has 3 rings (SSSR count). The van der Waals surface area contributed by atoms with Crippen LogP contribution >= 0.6 is 0 Å². The Bertz CT molecular complexity index is 759. The number of nitrogens with zero attached hydrogens (tertiary/aromatic N) is 3. The molecule has 0 aromatic carbocycles. The van der Waals surface area contributed by atoms with Crippen molar-refractivity contribution < 1.29 is 19.7 Å². The van der Waals surface area contributed by atoms with Crippen LogP contribution in [0.1, 0.15) is 43.2 Å². The SMILES string of the molecule is C[C@@H]1CCn2nc(-c3ccc(CC(C)(C)O)nc3)c(C(=O)O)c2O1. The lowest BCUT2D eigenvalue weighted by molar-refractivity contribution is 0.0683. The maximum absolute atomic E-state index is 11.7. The number of pyridine rings is 1. The van der Waals surface area contributed by atoms with E-state index in [9.17, 15) is 15.0 Å². The normalized spacial score (nSPS) is 17.2. The minimum atomic E-state index is -1.07. The third kappa shape index (κ3) is 3.26. The maximum atomic E-state index is 11.7. The molecule has 0 fully saturated rings. The zero-order valence-electron chi connectivity index (χ0n) is 14.0. The van der Waals surface area contributed by atoms with Gasteiger partial charge >= 0.3 is 5.97 Å². The maximum Gasteiger partial charge on any atom is 0.343 e. The number of carboxylic acid groups (broad SMARTS) is 1. The highest BCUT2D eigenvalue weighted by molar-refractivity contribution is 5.97.